The molecular formula is C28H29FN4O4S. The number of carbonyl (C=O) groups excluding carboxylic acids is 2. The van der Waals surface area contributed by atoms with E-state index in [1.54, 1.807) is 12.1 Å². The number of anilines is 2. The molecule has 2 aliphatic rings. The first-order valence-corrected chi connectivity index (χ1v) is 14.2. The molecular weight excluding hydrogens is 507 g/mol. The van der Waals surface area contributed by atoms with E-state index in [2.05, 4.69) is 26.7 Å². The number of aryl methyl sites for hydroxylation is 2. The summed E-state index contributed by atoms with van der Waals surface area (Å²) >= 11 is 0. The van der Waals surface area contributed by atoms with E-state index >= 15 is 0 Å². The van der Waals surface area contributed by atoms with Gasteiger partial charge in [-0.1, -0.05) is 18.2 Å². The fourth-order valence-electron chi connectivity index (χ4n) is 5.15. The number of hydrogen-bond donors (Lipinski definition) is 4. The lowest BCUT2D eigenvalue weighted by Crippen LogP contribution is -2.35. The van der Waals surface area contributed by atoms with Gasteiger partial charge in [0, 0.05) is 17.9 Å². The molecule has 8 nitrogen and oxygen atoms in total. The molecule has 2 aliphatic carbocycles. The van der Waals surface area contributed by atoms with Crippen LogP contribution in [0, 0.1) is 5.82 Å². The molecule has 0 unspecified atom stereocenters. The third kappa shape index (κ3) is 5.80. The van der Waals surface area contributed by atoms with Gasteiger partial charge in [-0.2, -0.15) is 0 Å². The van der Waals surface area contributed by atoms with Crippen LogP contribution in [0.3, 0.4) is 0 Å². The molecule has 0 fully saturated rings. The summed E-state index contributed by atoms with van der Waals surface area (Å²) < 4.78 is 40.8. The van der Waals surface area contributed by atoms with E-state index in [0.29, 0.717) is 18.7 Å². The molecule has 3 aromatic rings. The van der Waals surface area contributed by atoms with E-state index in [0.717, 1.165) is 60.9 Å². The molecule has 0 spiro atoms. The van der Waals surface area contributed by atoms with Crippen LogP contribution < -0.4 is 20.7 Å². The molecule has 0 heterocycles. The molecule has 4 amide bonds. The van der Waals surface area contributed by atoms with Gasteiger partial charge in [-0.05, 0) is 109 Å². The van der Waals surface area contributed by atoms with Crippen molar-refractivity contribution in [3.63, 3.8) is 0 Å². The number of nitrogens with one attached hydrogen (secondary N) is 4. The Hall–Kier alpha value is -3.92. The van der Waals surface area contributed by atoms with Crippen LogP contribution in [0.2, 0.25) is 0 Å². The SMILES string of the molecule is O=C(NCCc1ccc(S(=O)(=O)NC(=O)Nc2c3c(cc4c2CCC4)CCC3)cc1)Nc1ccc(F)cc1. The normalized spacial score (nSPS) is 13.9. The monoisotopic (exact) mass is 536 g/mol. The van der Waals surface area contributed by atoms with Gasteiger partial charge in [0.1, 0.15) is 5.82 Å². The lowest BCUT2D eigenvalue weighted by Gasteiger charge is -2.16. The number of sulfonamides is 1. The zero-order valence-corrected chi connectivity index (χ0v) is 21.6. The molecule has 5 rings (SSSR count). The molecule has 198 valence electrons. The van der Waals surface area contributed by atoms with Crippen LogP contribution >= 0.6 is 0 Å². The molecule has 3 aromatic carbocycles. The second kappa shape index (κ2) is 10.8. The van der Waals surface area contributed by atoms with Crippen LogP contribution in [-0.2, 0) is 42.1 Å². The summed E-state index contributed by atoms with van der Waals surface area (Å²) in [4.78, 5) is 24.7. The highest BCUT2D eigenvalue weighted by atomic mass is 32.2. The number of benzene rings is 3. The van der Waals surface area contributed by atoms with Gasteiger partial charge < -0.3 is 16.0 Å². The van der Waals surface area contributed by atoms with Crippen LogP contribution in [0.15, 0.2) is 59.5 Å². The summed E-state index contributed by atoms with van der Waals surface area (Å²) in [5.74, 6) is -0.389. The Kier molecular flexibility index (Phi) is 7.33. The highest BCUT2D eigenvalue weighted by Gasteiger charge is 2.26. The maximum atomic E-state index is 13.0. The smallest absolute Gasteiger partial charge is 0.333 e. The lowest BCUT2D eigenvalue weighted by atomic mass is 9.99. The van der Waals surface area contributed by atoms with E-state index in [1.807, 2.05) is 0 Å². The topological polar surface area (TPSA) is 116 Å². The minimum atomic E-state index is -4.06. The molecule has 0 atom stereocenters. The first kappa shape index (κ1) is 25.7. The predicted octanol–water partition coefficient (Wildman–Crippen LogP) is 4.68. The first-order valence-electron chi connectivity index (χ1n) is 12.7. The maximum Gasteiger partial charge on any atom is 0.333 e. The van der Waals surface area contributed by atoms with Crippen molar-refractivity contribution in [3.8, 4) is 0 Å². The number of urea groups is 2. The minimum Gasteiger partial charge on any atom is -0.338 e. The summed E-state index contributed by atoms with van der Waals surface area (Å²) in [7, 11) is -4.06. The Morgan fingerprint density at radius 1 is 0.789 bits per heavy atom. The number of amides is 4. The van der Waals surface area contributed by atoms with Gasteiger partial charge in [0.2, 0.25) is 0 Å². The summed E-state index contributed by atoms with van der Waals surface area (Å²) in [6, 6.07) is 12.6. The molecule has 4 N–H and O–H groups in total. The zero-order chi connectivity index (χ0) is 26.7. The summed E-state index contributed by atoms with van der Waals surface area (Å²) in [5, 5.41) is 8.15. The van der Waals surface area contributed by atoms with Gasteiger partial charge in [0.15, 0.2) is 0 Å². The van der Waals surface area contributed by atoms with Crippen molar-refractivity contribution in [1.29, 1.82) is 0 Å². The molecule has 0 aliphatic heterocycles. The summed E-state index contributed by atoms with van der Waals surface area (Å²) in [5.41, 5.74) is 6.82. The van der Waals surface area contributed by atoms with Gasteiger partial charge in [0.05, 0.1) is 4.90 Å². The third-order valence-electron chi connectivity index (χ3n) is 6.97. The van der Waals surface area contributed by atoms with Crippen molar-refractivity contribution in [2.45, 2.75) is 49.8 Å². The minimum absolute atomic E-state index is 0.0260. The van der Waals surface area contributed by atoms with Crippen LogP contribution in [0.1, 0.15) is 40.7 Å². The molecule has 0 aromatic heterocycles. The standard InChI is InChI=1S/C28H29FN4O4S/c29-21-9-11-22(12-10-21)31-27(34)30-16-15-18-7-13-23(14-8-18)38(36,37)33-28(35)32-26-24-5-1-3-19(24)17-20-4-2-6-25(20)26/h7-14,17H,1-6,15-16H2,(H2,30,31,34)(H2,32,33,35). The zero-order valence-electron chi connectivity index (χ0n) is 20.8. The van der Waals surface area contributed by atoms with E-state index < -0.39 is 22.1 Å². The summed E-state index contributed by atoms with van der Waals surface area (Å²) in [6.07, 6.45) is 6.27. The average Bonchev–Trinajstić information content (AvgIpc) is 3.55. The molecule has 0 saturated heterocycles. The van der Waals surface area contributed by atoms with Crippen molar-refractivity contribution in [2.75, 3.05) is 17.2 Å². The maximum absolute atomic E-state index is 13.0. The van der Waals surface area contributed by atoms with Gasteiger partial charge in [-0.3, -0.25) is 0 Å². The van der Waals surface area contributed by atoms with Crippen LogP contribution in [-0.4, -0.2) is 27.0 Å². The molecule has 10 heteroatoms. The van der Waals surface area contributed by atoms with Crippen molar-refractivity contribution >= 4 is 33.5 Å². The number of halogens is 1. The van der Waals surface area contributed by atoms with Gasteiger partial charge in [0.25, 0.3) is 10.0 Å². The van der Waals surface area contributed by atoms with Crippen molar-refractivity contribution in [2.24, 2.45) is 0 Å². The van der Waals surface area contributed by atoms with Crippen LogP contribution in [0.4, 0.5) is 25.4 Å². The van der Waals surface area contributed by atoms with Crippen LogP contribution in [0.5, 0.6) is 0 Å². The number of hydrogen-bond acceptors (Lipinski definition) is 4. The van der Waals surface area contributed by atoms with Gasteiger partial charge in [-0.25, -0.2) is 27.1 Å². The Morgan fingerprint density at radius 3 is 2.05 bits per heavy atom. The first-order chi connectivity index (χ1) is 18.3. The molecule has 0 bridgehead atoms. The Bertz CT molecular complexity index is 1440. The quantitative estimate of drug-likeness (QED) is 0.351. The van der Waals surface area contributed by atoms with Crippen molar-refractivity contribution in [1.82, 2.24) is 10.0 Å². The second-order valence-electron chi connectivity index (χ2n) is 9.58. The highest BCUT2D eigenvalue weighted by Crippen LogP contribution is 2.38. The molecule has 0 radical (unpaired) electrons. The van der Waals surface area contributed by atoms with E-state index in [9.17, 15) is 22.4 Å². The van der Waals surface area contributed by atoms with Crippen LogP contribution in [0.25, 0.3) is 0 Å². The number of rotatable bonds is 7. The lowest BCUT2D eigenvalue weighted by molar-refractivity contribution is 0.252. The van der Waals surface area contributed by atoms with Crippen molar-refractivity contribution < 1.29 is 22.4 Å². The van der Waals surface area contributed by atoms with Gasteiger partial charge in [-0.15, -0.1) is 0 Å². The average molecular weight is 537 g/mol. The Labute approximate surface area is 221 Å². The molecule has 0 saturated carbocycles. The number of carbonyl (C=O) groups is 2. The molecule has 38 heavy (non-hydrogen) atoms. The largest absolute Gasteiger partial charge is 0.338 e. The second-order valence-corrected chi connectivity index (χ2v) is 11.3. The highest BCUT2D eigenvalue weighted by molar-refractivity contribution is 7.90. The Morgan fingerprint density at radius 2 is 1.42 bits per heavy atom. The third-order valence-corrected chi connectivity index (χ3v) is 8.32. The summed E-state index contributed by atoms with van der Waals surface area (Å²) in [6.45, 7) is 0.311. The van der Waals surface area contributed by atoms with Crippen molar-refractivity contribution in [3.05, 3.63) is 88.2 Å². The Balaban J connectivity index is 1.15. The fourth-order valence-corrected chi connectivity index (χ4v) is 6.06. The van der Waals surface area contributed by atoms with E-state index in [4.69, 9.17) is 0 Å². The van der Waals surface area contributed by atoms with Gasteiger partial charge >= 0.3 is 12.1 Å². The van der Waals surface area contributed by atoms with E-state index in [-0.39, 0.29) is 10.7 Å². The van der Waals surface area contributed by atoms with E-state index in [1.165, 1.54) is 47.5 Å². The predicted molar refractivity (Wildman–Crippen MR) is 143 cm³/mol. The fraction of sp³-hybridized carbons (Fsp3) is 0.286. The number of fused-ring (bicyclic) bond motifs is 2.